The van der Waals surface area contributed by atoms with Gasteiger partial charge in [0.05, 0.1) is 28.8 Å². The second-order valence-electron chi connectivity index (χ2n) is 5.80. The summed E-state index contributed by atoms with van der Waals surface area (Å²) in [5.41, 5.74) is 0.187. The summed E-state index contributed by atoms with van der Waals surface area (Å²) < 4.78 is 42.1. The van der Waals surface area contributed by atoms with Gasteiger partial charge in [-0.15, -0.1) is 0 Å². The smallest absolute Gasteiger partial charge is 0.340 e. The third kappa shape index (κ3) is 2.89. The van der Waals surface area contributed by atoms with Crippen LogP contribution in [0.3, 0.4) is 0 Å². The van der Waals surface area contributed by atoms with Gasteiger partial charge < -0.3 is 4.57 Å². The molecule has 7 heteroatoms. The third-order valence-electron chi connectivity index (χ3n) is 4.30. The van der Waals surface area contributed by atoms with Crippen LogP contribution in [0.2, 0.25) is 0 Å². The average molecular weight is 354 g/mol. The van der Waals surface area contributed by atoms with Crippen LogP contribution in [0.1, 0.15) is 41.6 Å². The fraction of sp³-hybridized carbons (Fsp3) is 0.211. The first kappa shape index (κ1) is 17.5. The average Bonchev–Trinajstić information content (AvgIpc) is 3.04. The summed E-state index contributed by atoms with van der Waals surface area (Å²) in [6.07, 6.45) is 0.594. The van der Waals surface area contributed by atoms with Crippen LogP contribution < -0.4 is 0 Å². The number of fused-ring (bicyclic) bond motifs is 1. The quantitative estimate of drug-likeness (QED) is 0.679. The normalized spacial score (nSPS) is 12.5. The van der Waals surface area contributed by atoms with E-state index in [0.717, 1.165) is 5.56 Å². The minimum absolute atomic E-state index is 0.0144. The molecular formula is C19H13F3N4. The van der Waals surface area contributed by atoms with Crippen molar-refractivity contribution in [2.45, 2.75) is 25.6 Å². The van der Waals surface area contributed by atoms with E-state index in [1.807, 2.05) is 13.0 Å². The van der Waals surface area contributed by atoms with Gasteiger partial charge in [0.1, 0.15) is 6.07 Å². The summed E-state index contributed by atoms with van der Waals surface area (Å²) in [4.78, 5) is 4.04. The molecule has 0 aliphatic carbocycles. The van der Waals surface area contributed by atoms with Crippen molar-refractivity contribution in [3.05, 3.63) is 65.1 Å². The van der Waals surface area contributed by atoms with Crippen LogP contribution >= 0.6 is 0 Å². The van der Waals surface area contributed by atoms with Crippen molar-refractivity contribution >= 4 is 10.9 Å². The van der Waals surface area contributed by atoms with Gasteiger partial charge in [0.15, 0.2) is 0 Å². The second kappa shape index (κ2) is 6.53. The largest absolute Gasteiger partial charge is 0.418 e. The van der Waals surface area contributed by atoms with Crippen LogP contribution in [0, 0.1) is 22.7 Å². The molecule has 0 saturated heterocycles. The lowest BCUT2D eigenvalue weighted by atomic mass is 10.0. The molecule has 0 aliphatic heterocycles. The van der Waals surface area contributed by atoms with Gasteiger partial charge in [0.2, 0.25) is 0 Å². The number of halogens is 3. The summed E-state index contributed by atoms with van der Waals surface area (Å²) in [7, 11) is 0. The van der Waals surface area contributed by atoms with Gasteiger partial charge in [-0.3, -0.25) is 4.98 Å². The van der Waals surface area contributed by atoms with Gasteiger partial charge in [0.25, 0.3) is 0 Å². The molecule has 1 aromatic carbocycles. The maximum absolute atomic E-state index is 13.5. The van der Waals surface area contributed by atoms with Gasteiger partial charge in [-0.05, 0) is 36.2 Å². The molecule has 0 unspecified atom stereocenters. The number of hydrogen-bond donors (Lipinski definition) is 0. The molecule has 130 valence electrons. The highest BCUT2D eigenvalue weighted by molar-refractivity contribution is 5.86. The van der Waals surface area contributed by atoms with Gasteiger partial charge in [-0.1, -0.05) is 6.92 Å². The zero-order valence-corrected chi connectivity index (χ0v) is 13.7. The molecule has 0 spiro atoms. The minimum atomic E-state index is -4.62. The lowest BCUT2D eigenvalue weighted by Gasteiger charge is -2.19. The molecule has 26 heavy (non-hydrogen) atoms. The van der Waals surface area contributed by atoms with Crippen molar-refractivity contribution in [2.24, 2.45) is 0 Å². The van der Waals surface area contributed by atoms with Gasteiger partial charge in [-0.2, -0.15) is 23.7 Å². The van der Waals surface area contributed by atoms with Crippen molar-refractivity contribution in [3.8, 4) is 12.1 Å². The van der Waals surface area contributed by atoms with E-state index in [2.05, 4.69) is 4.98 Å². The first-order valence-electron chi connectivity index (χ1n) is 7.86. The number of nitriles is 2. The molecule has 1 atom stereocenters. The van der Waals surface area contributed by atoms with Crippen molar-refractivity contribution in [1.82, 2.24) is 9.55 Å². The number of alkyl halides is 3. The van der Waals surface area contributed by atoms with E-state index in [0.29, 0.717) is 17.5 Å². The van der Waals surface area contributed by atoms with Crippen LogP contribution in [0.4, 0.5) is 13.2 Å². The molecule has 0 aliphatic rings. The van der Waals surface area contributed by atoms with E-state index >= 15 is 0 Å². The van der Waals surface area contributed by atoms with Gasteiger partial charge >= 0.3 is 6.18 Å². The Morgan fingerprint density at radius 1 is 1.15 bits per heavy atom. The molecule has 0 fully saturated rings. The summed E-state index contributed by atoms with van der Waals surface area (Å²) >= 11 is 0. The van der Waals surface area contributed by atoms with Crippen molar-refractivity contribution in [1.29, 1.82) is 10.5 Å². The van der Waals surface area contributed by atoms with Crippen LogP contribution in [-0.4, -0.2) is 9.55 Å². The Labute approximate surface area is 147 Å². The van der Waals surface area contributed by atoms with E-state index in [4.69, 9.17) is 10.5 Å². The molecule has 2 heterocycles. The minimum Gasteiger partial charge on any atom is -0.340 e. The topological polar surface area (TPSA) is 65.4 Å². The van der Waals surface area contributed by atoms with Crippen LogP contribution in [-0.2, 0) is 6.18 Å². The number of aromatic nitrogens is 2. The highest BCUT2D eigenvalue weighted by atomic mass is 19.4. The molecule has 2 aromatic heterocycles. The molecule has 4 nitrogen and oxygen atoms in total. The predicted octanol–water partition coefficient (Wildman–Crippen LogP) is 4.80. The summed E-state index contributed by atoms with van der Waals surface area (Å²) in [5, 5.41) is 18.1. The van der Waals surface area contributed by atoms with Crippen LogP contribution in [0.5, 0.6) is 0 Å². The van der Waals surface area contributed by atoms with E-state index in [9.17, 15) is 13.2 Å². The zero-order valence-electron chi connectivity index (χ0n) is 13.7. The Bertz CT molecular complexity index is 1050. The number of benzene rings is 1. The van der Waals surface area contributed by atoms with E-state index in [1.165, 1.54) is 24.4 Å². The number of pyridine rings is 1. The van der Waals surface area contributed by atoms with Crippen molar-refractivity contribution in [2.75, 3.05) is 0 Å². The van der Waals surface area contributed by atoms with E-state index in [1.54, 1.807) is 29.1 Å². The molecule has 0 amide bonds. The molecule has 3 aromatic rings. The Morgan fingerprint density at radius 3 is 2.54 bits per heavy atom. The fourth-order valence-corrected chi connectivity index (χ4v) is 3.20. The maximum atomic E-state index is 13.5. The van der Waals surface area contributed by atoms with Gasteiger partial charge in [-0.25, -0.2) is 0 Å². The Morgan fingerprint density at radius 2 is 1.92 bits per heavy atom. The van der Waals surface area contributed by atoms with Crippen LogP contribution in [0.15, 0.2) is 42.9 Å². The van der Waals surface area contributed by atoms with E-state index < -0.39 is 17.3 Å². The molecule has 0 bridgehead atoms. The summed E-state index contributed by atoms with van der Waals surface area (Å²) in [5.74, 6) is 0. The standard InChI is InChI=1S/C19H13F3N4/c1-2-16(14-7-12(8-23)10-25-11-14)26-6-5-15-17(26)4-3-13(9-24)18(15)19(20,21)22/h3-7,10-11,16H,2H2,1H3/t16-/m1/s1. The van der Waals surface area contributed by atoms with Gasteiger partial charge in [0, 0.05) is 29.5 Å². The second-order valence-corrected chi connectivity index (χ2v) is 5.80. The Balaban J connectivity index is 2.23. The Kier molecular flexibility index (Phi) is 4.40. The summed E-state index contributed by atoms with van der Waals surface area (Å²) in [6.45, 7) is 1.91. The molecule has 0 N–H and O–H groups in total. The van der Waals surface area contributed by atoms with E-state index in [-0.39, 0.29) is 11.4 Å². The SMILES string of the molecule is CC[C@H](c1cncc(C#N)c1)n1ccc2c(C(F)(F)F)c(C#N)ccc21. The molecule has 0 saturated carbocycles. The molecule has 0 radical (unpaired) electrons. The summed E-state index contributed by atoms with van der Waals surface area (Å²) in [6, 6.07) is 9.13. The predicted molar refractivity (Wildman–Crippen MR) is 89.0 cm³/mol. The van der Waals surface area contributed by atoms with Crippen LogP contribution in [0.25, 0.3) is 10.9 Å². The Hall–Kier alpha value is -3.32. The lowest BCUT2D eigenvalue weighted by Crippen LogP contribution is -2.11. The number of rotatable bonds is 3. The lowest BCUT2D eigenvalue weighted by molar-refractivity contribution is -0.136. The first-order valence-corrected chi connectivity index (χ1v) is 7.86. The monoisotopic (exact) mass is 354 g/mol. The highest BCUT2D eigenvalue weighted by Gasteiger charge is 2.36. The fourth-order valence-electron chi connectivity index (χ4n) is 3.20. The maximum Gasteiger partial charge on any atom is 0.418 e. The number of nitrogens with zero attached hydrogens (tertiary/aromatic N) is 4. The number of hydrogen-bond acceptors (Lipinski definition) is 3. The van der Waals surface area contributed by atoms with Crippen molar-refractivity contribution in [3.63, 3.8) is 0 Å². The highest BCUT2D eigenvalue weighted by Crippen LogP contribution is 2.39. The molecular weight excluding hydrogens is 341 g/mol. The zero-order chi connectivity index (χ0) is 18.9. The van der Waals surface area contributed by atoms with Crippen molar-refractivity contribution < 1.29 is 13.2 Å². The third-order valence-corrected chi connectivity index (χ3v) is 4.30. The first-order chi connectivity index (χ1) is 12.4. The molecule has 3 rings (SSSR count).